The van der Waals surface area contributed by atoms with Crippen LogP contribution in [-0.4, -0.2) is 13.7 Å². The van der Waals surface area contributed by atoms with Gasteiger partial charge in [-0.1, -0.05) is 20.8 Å². The molecule has 1 nitrogen and oxygen atoms in total. The van der Waals surface area contributed by atoms with Crippen LogP contribution in [-0.2, 0) is 4.74 Å². The standard InChI is InChI=1S/C8H17O/c1-7(2)8(3,4)6-9-5/h7H,1,6H2,2-5H3. The fourth-order valence-corrected chi connectivity index (χ4v) is 0.514. The Balaban J connectivity index is 3.70. The van der Waals surface area contributed by atoms with E-state index in [9.17, 15) is 0 Å². The fourth-order valence-electron chi connectivity index (χ4n) is 0.514. The van der Waals surface area contributed by atoms with Crippen LogP contribution in [0.15, 0.2) is 0 Å². The Morgan fingerprint density at radius 3 is 2.11 bits per heavy atom. The van der Waals surface area contributed by atoms with Crippen molar-refractivity contribution in [3.8, 4) is 0 Å². The SMILES string of the molecule is [CH2]C(C)C(C)(C)COC. The van der Waals surface area contributed by atoms with E-state index in [1.165, 1.54) is 0 Å². The van der Waals surface area contributed by atoms with Crippen LogP contribution in [0.25, 0.3) is 0 Å². The minimum absolute atomic E-state index is 0.217. The molecule has 55 valence electrons. The summed E-state index contributed by atoms with van der Waals surface area (Å²) in [5, 5.41) is 0. The molecular weight excluding hydrogens is 112 g/mol. The molecule has 0 saturated heterocycles. The lowest BCUT2D eigenvalue weighted by molar-refractivity contribution is 0.0794. The van der Waals surface area contributed by atoms with Gasteiger partial charge in [-0.05, 0) is 18.3 Å². The van der Waals surface area contributed by atoms with Gasteiger partial charge in [-0.25, -0.2) is 0 Å². The molecule has 0 amide bonds. The highest BCUT2D eigenvalue weighted by molar-refractivity contribution is 4.75. The molecule has 0 bridgehead atoms. The summed E-state index contributed by atoms with van der Waals surface area (Å²) in [5.74, 6) is 0.442. The molecule has 0 aromatic rings. The number of methoxy groups -OCH3 is 1. The van der Waals surface area contributed by atoms with Crippen molar-refractivity contribution in [2.45, 2.75) is 20.8 Å². The van der Waals surface area contributed by atoms with Crippen LogP contribution in [0.3, 0.4) is 0 Å². The predicted octanol–water partition coefficient (Wildman–Crippen LogP) is 2.13. The third-order valence-corrected chi connectivity index (χ3v) is 1.85. The molecule has 0 aliphatic heterocycles. The molecule has 0 aromatic heterocycles. The number of hydrogen-bond acceptors (Lipinski definition) is 1. The molecular formula is C8H17O. The van der Waals surface area contributed by atoms with Crippen LogP contribution in [0, 0.1) is 18.3 Å². The van der Waals surface area contributed by atoms with Crippen molar-refractivity contribution in [2.75, 3.05) is 13.7 Å². The summed E-state index contributed by atoms with van der Waals surface area (Å²) >= 11 is 0. The number of hydrogen-bond donors (Lipinski definition) is 0. The molecule has 0 rings (SSSR count). The van der Waals surface area contributed by atoms with Crippen LogP contribution in [0.2, 0.25) is 0 Å². The van der Waals surface area contributed by atoms with Gasteiger partial charge >= 0.3 is 0 Å². The van der Waals surface area contributed by atoms with Gasteiger partial charge in [-0.15, -0.1) is 0 Å². The summed E-state index contributed by atoms with van der Waals surface area (Å²) in [6, 6.07) is 0. The van der Waals surface area contributed by atoms with Gasteiger partial charge in [0.25, 0.3) is 0 Å². The van der Waals surface area contributed by atoms with Gasteiger partial charge in [0.05, 0.1) is 6.61 Å². The smallest absolute Gasteiger partial charge is 0.0515 e. The first-order chi connectivity index (χ1) is 4.00. The number of ether oxygens (including phenoxy) is 1. The summed E-state index contributed by atoms with van der Waals surface area (Å²) in [6.45, 7) is 11.2. The summed E-state index contributed by atoms with van der Waals surface area (Å²) < 4.78 is 5.03. The van der Waals surface area contributed by atoms with E-state index in [-0.39, 0.29) is 5.41 Å². The van der Waals surface area contributed by atoms with E-state index in [0.717, 1.165) is 6.61 Å². The second-order valence-corrected chi connectivity index (χ2v) is 3.32. The normalized spacial score (nSPS) is 12.7. The van der Waals surface area contributed by atoms with Crippen LogP contribution in [0.5, 0.6) is 0 Å². The minimum Gasteiger partial charge on any atom is -0.384 e. The van der Waals surface area contributed by atoms with Crippen molar-refractivity contribution in [3.63, 3.8) is 0 Å². The van der Waals surface area contributed by atoms with Crippen molar-refractivity contribution in [3.05, 3.63) is 6.92 Å². The molecule has 0 heterocycles. The first kappa shape index (κ1) is 8.96. The molecule has 0 saturated carbocycles. The van der Waals surface area contributed by atoms with E-state index in [1.807, 2.05) is 0 Å². The average molecular weight is 129 g/mol. The lowest BCUT2D eigenvalue weighted by Crippen LogP contribution is -2.24. The fraction of sp³-hybridized carbons (Fsp3) is 0.875. The summed E-state index contributed by atoms with van der Waals surface area (Å²) in [5.41, 5.74) is 0.217. The highest BCUT2D eigenvalue weighted by Crippen LogP contribution is 2.25. The first-order valence-corrected chi connectivity index (χ1v) is 3.32. The van der Waals surface area contributed by atoms with E-state index in [2.05, 4.69) is 27.7 Å². The second-order valence-electron chi connectivity index (χ2n) is 3.32. The largest absolute Gasteiger partial charge is 0.384 e. The van der Waals surface area contributed by atoms with E-state index in [0.29, 0.717) is 5.92 Å². The maximum atomic E-state index is 5.03. The van der Waals surface area contributed by atoms with Gasteiger partial charge in [0.1, 0.15) is 0 Å². The lowest BCUT2D eigenvalue weighted by atomic mass is 9.82. The highest BCUT2D eigenvalue weighted by Gasteiger charge is 2.21. The minimum atomic E-state index is 0.217. The summed E-state index contributed by atoms with van der Waals surface area (Å²) in [4.78, 5) is 0. The van der Waals surface area contributed by atoms with Crippen LogP contribution < -0.4 is 0 Å². The Labute approximate surface area is 58.4 Å². The molecule has 1 radical (unpaired) electrons. The predicted molar refractivity (Wildman–Crippen MR) is 40.2 cm³/mol. The Morgan fingerprint density at radius 1 is 1.56 bits per heavy atom. The third-order valence-electron chi connectivity index (χ3n) is 1.85. The maximum Gasteiger partial charge on any atom is 0.0515 e. The molecule has 0 spiro atoms. The lowest BCUT2D eigenvalue weighted by Gasteiger charge is -2.27. The quantitative estimate of drug-likeness (QED) is 0.567. The maximum absolute atomic E-state index is 5.03. The van der Waals surface area contributed by atoms with Crippen molar-refractivity contribution in [1.29, 1.82) is 0 Å². The van der Waals surface area contributed by atoms with Gasteiger partial charge < -0.3 is 4.74 Å². The summed E-state index contributed by atoms with van der Waals surface area (Å²) in [6.07, 6.45) is 0. The van der Waals surface area contributed by atoms with Crippen molar-refractivity contribution < 1.29 is 4.74 Å². The Morgan fingerprint density at radius 2 is 2.00 bits per heavy atom. The van der Waals surface area contributed by atoms with Gasteiger partial charge in [0.2, 0.25) is 0 Å². The Hall–Kier alpha value is -0.0400. The first-order valence-electron chi connectivity index (χ1n) is 3.32. The van der Waals surface area contributed by atoms with E-state index in [4.69, 9.17) is 4.74 Å². The van der Waals surface area contributed by atoms with E-state index in [1.54, 1.807) is 7.11 Å². The van der Waals surface area contributed by atoms with E-state index >= 15 is 0 Å². The van der Waals surface area contributed by atoms with Gasteiger partial charge in [0.15, 0.2) is 0 Å². The molecule has 1 unspecified atom stereocenters. The molecule has 9 heavy (non-hydrogen) atoms. The molecule has 0 aromatic carbocycles. The van der Waals surface area contributed by atoms with Gasteiger partial charge in [-0.3, -0.25) is 0 Å². The third kappa shape index (κ3) is 2.85. The van der Waals surface area contributed by atoms with Crippen LogP contribution in [0.1, 0.15) is 20.8 Å². The molecule has 0 aliphatic rings. The molecule has 0 aliphatic carbocycles. The van der Waals surface area contributed by atoms with Crippen molar-refractivity contribution in [1.82, 2.24) is 0 Å². The van der Waals surface area contributed by atoms with Crippen molar-refractivity contribution in [2.24, 2.45) is 11.3 Å². The zero-order chi connectivity index (χ0) is 7.49. The number of rotatable bonds is 3. The highest BCUT2D eigenvalue weighted by atomic mass is 16.5. The molecule has 0 fully saturated rings. The van der Waals surface area contributed by atoms with Gasteiger partial charge in [0, 0.05) is 7.11 Å². The second kappa shape index (κ2) is 3.21. The zero-order valence-electron chi connectivity index (χ0n) is 6.90. The molecule has 0 N–H and O–H groups in total. The zero-order valence-corrected chi connectivity index (χ0v) is 6.90. The van der Waals surface area contributed by atoms with Gasteiger partial charge in [-0.2, -0.15) is 0 Å². The summed E-state index contributed by atoms with van der Waals surface area (Å²) in [7, 11) is 1.73. The van der Waals surface area contributed by atoms with Crippen molar-refractivity contribution >= 4 is 0 Å². The molecule has 1 heteroatoms. The van der Waals surface area contributed by atoms with Crippen LogP contribution in [0.4, 0.5) is 0 Å². The molecule has 1 atom stereocenters. The monoisotopic (exact) mass is 129 g/mol. The van der Waals surface area contributed by atoms with Crippen LogP contribution >= 0.6 is 0 Å². The van der Waals surface area contributed by atoms with E-state index < -0.39 is 0 Å². The average Bonchev–Trinajstić information content (AvgIpc) is 1.65. The Bertz CT molecular complexity index is 74.6. The topological polar surface area (TPSA) is 9.23 Å². The Kier molecular flexibility index (Phi) is 3.20.